The van der Waals surface area contributed by atoms with Crippen molar-refractivity contribution in [2.45, 2.75) is 180 Å². The maximum Gasteiger partial charge on any atom is 0.395 e. The zero-order chi connectivity index (χ0) is 59.5. The number of amides is 8. The van der Waals surface area contributed by atoms with Crippen molar-refractivity contribution in [1.82, 2.24) is 47.0 Å². The molecule has 0 bridgehead atoms. The van der Waals surface area contributed by atoms with Crippen molar-refractivity contribution in [3.8, 4) is 0 Å². The average Bonchev–Trinajstić information content (AvgIpc) is 3.93. The highest BCUT2D eigenvalue weighted by molar-refractivity contribution is 6.02. The van der Waals surface area contributed by atoms with Gasteiger partial charge in [0.25, 0.3) is 5.91 Å². The molecule has 18 nitrogen and oxygen atoms in total. The van der Waals surface area contributed by atoms with Gasteiger partial charge in [0.2, 0.25) is 35.4 Å². The zero-order valence-corrected chi connectivity index (χ0v) is 47.8. The van der Waals surface area contributed by atoms with Crippen LogP contribution in [0.25, 0.3) is 0 Å². The number of anilines is 1. The number of carbonyl (C=O) groups excluding carboxylic acids is 8. The number of benzene rings is 3. The monoisotopic (exact) mass is 1130 g/mol. The number of nitrogens with one attached hydrogen (secondary N) is 8. The Labute approximate surface area is 470 Å². The molecular weight excluding hydrogens is 1050 g/mol. The summed E-state index contributed by atoms with van der Waals surface area (Å²) in [5.41, 5.74) is 2.41. The number of carbonyl (C=O) groups is 8. The number of alkyl halides is 4. The molecule has 8 amide bonds. The van der Waals surface area contributed by atoms with Gasteiger partial charge >= 0.3 is 17.8 Å². The van der Waals surface area contributed by atoms with Crippen LogP contribution in [0.2, 0.25) is 0 Å². The van der Waals surface area contributed by atoms with Gasteiger partial charge in [-0.15, -0.1) is 0 Å². The van der Waals surface area contributed by atoms with E-state index < -0.39 is 137 Å². The van der Waals surface area contributed by atoms with Crippen LogP contribution in [0, 0.1) is 10.8 Å². The van der Waals surface area contributed by atoms with Crippen LogP contribution in [0.3, 0.4) is 0 Å². The number of likely N-dealkylation sites (N-methyl/N-ethyl adjacent to an activating group) is 2. The summed E-state index contributed by atoms with van der Waals surface area (Å²) < 4.78 is 64.2. The van der Waals surface area contributed by atoms with E-state index in [0.717, 1.165) is 52.8 Å². The lowest BCUT2D eigenvalue weighted by Gasteiger charge is -2.42. The van der Waals surface area contributed by atoms with Crippen LogP contribution in [0.5, 0.6) is 0 Å². The predicted octanol–water partition coefficient (Wildman–Crippen LogP) is 4.90. The number of fused-ring (bicyclic) bond motifs is 3. The summed E-state index contributed by atoms with van der Waals surface area (Å²) >= 11 is 0. The predicted molar refractivity (Wildman–Crippen MR) is 295 cm³/mol. The third kappa shape index (κ3) is 13.5. The van der Waals surface area contributed by atoms with Crippen molar-refractivity contribution in [3.05, 3.63) is 100 Å². The molecule has 7 rings (SSSR count). The topological polar surface area (TPSA) is 239 Å². The molecule has 440 valence electrons. The molecule has 4 unspecified atom stereocenters. The lowest BCUT2D eigenvalue weighted by Crippen LogP contribution is -2.62. The molecule has 0 saturated carbocycles. The number of likely N-dealkylation sites (tertiary alicyclic amines) is 1. The van der Waals surface area contributed by atoms with Crippen molar-refractivity contribution in [2.24, 2.45) is 10.8 Å². The molecule has 4 aliphatic rings. The standard InChI is InChI=1S/C59H78F4N10O8/c1-32(64-9)48(74)70-46(56(3,4)5)52(78)72-30-37-27-38(26-25-36(37)28-44(72)50(76)68-42-23-15-19-34-17-11-13-21-40(34)42)66-54(80)58(60,61)59(62,63)55(81)67-39-29-45(51(77)69-43-24-16-20-35-18-12-14-22-41(35)43)73(31-39)53(79)47(57(6,7)8)71-49(75)33(2)65-10/h11-14,17-18,21-22,25-27,32-33,39,42-47,64-65H,15-16,19-20,23-24,28-31H2,1-10H3,(H,66,80)(H,67,81)(H,68,76)(H,69,77)(H,70,74)(H,71,75)/t32-,33-,39?,42?,43+,44?,45-,46?,47+/m0/s1. The summed E-state index contributed by atoms with van der Waals surface area (Å²) in [7, 11) is 3.12. The van der Waals surface area contributed by atoms with E-state index >= 15 is 17.6 Å². The van der Waals surface area contributed by atoms with Crippen LogP contribution >= 0.6 is 0 Å². The molecule has 3 aromatic carbocycles. The summed E-state index contributed by atoms with van der Waals surface area (Å²) in [6.45, 7) is 12.5. The van der Waals surface area contributed by atoms with E-state index in [9.17, 15) is 38.4 Å². The van der Waals surface area contributed by atoms with Crippen molar-refractivity contribution < 1.29 is 55.9 Å². The van der Waals surface area contributed by atoms with Gasteiger partial charge in [0.1, 0.15) is 24.2 Å². The number of rotatable bonds is 17. The minimum absolute atomic E-state index is 0.0794. The minimum Gasteiger partial charge on any atom is -0.347 e. The molecule has 0 aromatic heterocycles. The summed E-state index contributed by atoms with van der Waals surface area (Å²) in [5.74, 6) is -20.1. The van der Waals surface area contributed by atoms with Gasteiger partial charge in [-0.05, 0) is 129 Å². The number of nitrogens with zero attached hydrogens (tertiary/aromatic N) is 2. The molecule has 1 saturated heterocycles. The quantitative estimate of drug-likeness (QED) is 0.0852. The first-order valence-electron chi connectivity index (χ1n) is 27.8. The molecule has 1 fully saturated rings. The third-order valence-corrected chi connectivity index (χ3v) is 16.2. The molecule has 2 aliphatic carbocycles. The van der Waals surface area contributed by atoms with E-state index in [2.05, 4.69) is 31.9 Å². The first kappa shape index (κ1) is 61.7. The zero-order valence-electron chi connectivity index (χ0n) is 47.8. The fourth-order valence-electron chi connectivity index (χ4n) is 11.1. The van der Waals surface area contributed by atoms with Crippen LogP contribution in [-0.2, 0) is 64.2 Å². The lowest BCUT2D eigenvalue weighted by molar-refractivity contribution is -0.208. The van der Waals surface area contributed by atoms with Gasteiger partial charge < -0.3 is 52.3 Å². The van der Waals surface area contributed by atoms with Crippen molar-refractivity contribution in [1.29, 1.82) is 0 Å². The highest BCUT2D eigenvalue weighted by Crippen LogP contribution is 2.39. The van der Waals surface area contributed by atoms with E-state index in [4.69, 9.17) is 0 Å². The van der Waals surface area contributed by atoms with Gasteiger partial charge in [0.15, 0.2) is 0 Å². The molecule has 3 aromatic rings. The lowest BCUT2D eigenvalue weighted by atomic mass is 9.83. The largest absolute Gasteiger partial charge is 0.395 e. The van der Waals surface area contributed by atoms with Crippen LogP contribution < -0.4 is 42.5 Å². The van der Waals surface area contributed by atoms with Crippen LogP contribution in [0.15, 0.2) is 66.7 Å². The van der Waals surface area contributed by atoms with Gasteiger partial charge in [-0.3, -0.25) is 38.4 Å². The first-order valence-corrected chi connectivity index (χ1v) is 27.8. The Bertz CT molecular complexity index is 2890. The van der Waals surface area contributed by atoms with Crippen molar-refractivity contribution in [2.75, 3.05) is 26.0 Å². The summed E-state index contributed by atoms with van der Waals surface area (Å²) in [6, 6.07) is 10.3. The Kier molecular flexibility index (Phi) is 18.8. The molecule has 8 N–H and O–H groups in total. The summed E-state index contributed by atoms with van der Waals surface area (Å²) in [6.07, 6.45) is 3.77. The fraction of sp³-hybridized carbons (Fsp3) is 0.559. The van der Waals surface area contributed by atoms with E-state index in [1.807, 2.05) is 59.2 Å². The maximum atomic E-state index is 16.1. The van der Waals surface area contributed by atoms with Crippen molar-refractivity contribution in [3.63, 3.8) is 0 Å². The molecule has 0 radical (unpaired) electrons. The van der Waals surface area contributed by atoms with Gasteiger partial charge in [-0.25, -0.2) is 0 Å². The smallest absolute Gasteiger partial charge is 0.347 e. The number of aryl methyl sites for hydroxylation is 2. The molecule has 9 atom stereocenters. The third-order valence-electron chi connectivity index (χ3n) is 16.2. The Balaban J connectivity index is 1.11. The normalized spacial score (nSPS) is 21.6. The number of hydrogen-bond donors (Lipinski definition) is 8. The van der Waals surface area contributed by atoms with Gasteiger partial charge in [0.05, 0.1) is 24.2 Å². The Morgan fingerprint density at radius 2 is 1.04 bits per heavy atom. The molecule has 22 heteroatoms. The van der Waals surface area contributed by atoms with E-state index in [1.54, 1.807) is 69.5 Å². The maximum absolute atomic E-state index is 16.1. The highest BCUT2D eigenvalue weighted by atomic mass is 19.3. The van der Waals surface area contributed by atoms with E-state index in [0.29, 0.717) is 18.4 Å². The molecule has 81 heavy (non-hydrogen) atoms. The van der Waals surface area contributed by atoms with Gasteiger partial charge in [0, 0.05) is 31.2 Å². The Morgan fingerprint density at radius 1 is 0.568 bits per heavy atom. The second kappa shape index (κ2) is 24.6. The molecular formula is C59H78F4N10O8. The summed E-state index contributed by atoms with van der Waals surface area (Å²) in [4.78, 5) is 114. The second-order valence-corrected chi connectivity index (χ2v) is 24.1. The molecule has 2 heterocycles. The molecule has 2 aliphatic heterocycles. The van der Waals surface area contributed by atoms with E-state index in [1.165, 1.54) is 23.1 Å². The fourth-order valence-corrected chi connectivity index (χ4v) is 11.1. The average molecular weight is 1130 g/mol. The SMILES string of the molecule is CN[C@@H](C)C(=O)NC(C(=O)N1Cc2cc(NC(=O)C(F)(F)C(F)(F)C(=O)NC3C[C@@H](C(=O)N[C@@H]4CCCc5ccccc54)N(C(=O)[C@@H](NC(=O)[C@H](C)NC)C(C)(C)C)C3)ccc2CC1C(=O)NC1CCCc2ccccc21)C(C)(C)C. The minimum atomic E-state index is -5.70. The number of halogens is 4. The second-order valence-electron chi connectivity index (χ2n) is 24.1. The van der Waals surface area contributed by atoms with Crippen molar-refractivity contribution >= 4 is 52.9 Å². The number of hydrogen-bond acceptors (Lipinski definition) is 10. The van der Waals surface area contributed by atoms with Gasteiger partial charge in [-0.1, -0.05) is 96.1 Å². The van der Waals surface area contributed by atoms with Crippen LogP contribution in [-0.4, -0.2) is 132 Å². The van der Waals surface area contributed by atoms with E-state index in [-0.39, 0.29) is 24.6 Å². The highest BCUT2D eigenvalue weighted by Gasteiger charge is 2.67. The van der Waals surface area contributed by atoms with Crippen LogP contribution in [0.1, 0.15) is 133 Å². The first-order chi connectivity index (χ1) is 38.0. The van der Waals surface area contributed by atoms with Gasteiger partial charge in [-0.2, -0.15) is 17.6 Å². The van der Waals surface area contributed by atoms with Crippen LogP contribution in [0.4, 0.5) is 23.2 Å². The summed E-state index contributed by atoms with van der Waals surface area (Å²) in [5, 5.41) is 21.0. The molecule has 0 spiro atoms. The Hall–Kier alpha value is -6.94. The Morgan fingerprint density at radius 3 is 1.53 bits per heavy atom.